The Morgan fingerprint density at radius 1 is 1.27 bits per heavy atom. The molecule has 1 aliphatic carbocycles. The molecule has 0 aromatic rings. The molecule has 0 aromatic carbocycles. The first-order chi connectivity index (χ1) is 7.34. The molecular weight excluding hydrogens is 196 g/mol. The van der Waals surface area contributed by atoms with Gasteiger partial charge in [-0.3, -0.25) is 0 Å². The van der Waals surface area contributed by atoms with Crippen LogP contribution in [-0.2, 0) is 14.2 Å². The summed E-state index contributed by atoms with van der Waals surface area (Å²) >= 11 is 0. The molecule has 4 heteroatoms. The summed E-state index contributed by atoms with van der Waals surface area (Å²) in [7, 11) is 0. The van der Waals surface area contributed by atoms with Crippen LogP contribution in [0.1, 0.15) is 6.42 Å². The van der Waals surface area contributed by atoms with Gasteiger partial charge >= 0.3 is 0 Å². The zero-order valence-corrected chi connectivity index (χ0v) is 8.59. The van der Waals surface area contributed by atoms with Crippen LogP contribution in [0.3, 0.4) is 0 Å². The van der Waals surface area contributed by atoms with Crippen molar-refractivity contribution in [2.24, 2.45) is 0 Å². The van der Waals surface area contributed by atoms with E-state index in [1.165, 1.54) is 0 Å². The highest BCUT2D eigenvalue weighted by Gasteiger charge is 2.26. The Hall–Kier alpha value is -0.840. The highest BCUT2D eigenvalue weighted by Crippen LogP contribution is 2.12. The standard InChI is InChI=1S/C6H10O3.C5H6O/c1(5-3-8-5)7-2-6-4-9-6;6-5-3-1-2-4-5/h5-6H,1-4H2;1-3,6H,4H2. The lowest BCUT2D eigenvalue weighted by Gasteiger charge is -1.95. The van der Waals surface area contributed by atoms with E-state index in [2.05, 4.69) is 0 Å². The number of epoxide rings is 2. The van der Waals surface area contributed by atoms with Crippen molar-refractivity contribution in [1.82, 2.24) is 0 Å². The number of hydrogen-bond acceptors (Lipinski definition) is 4. The maximum absolute atomic E-state index is 8.53. The maximum atomic E-state index is 8.53. The van der Waals surface area contributed by atoms with Crippen LogP contribution in [0.4, 0.5) is 0 Å². The van der Waals surface area contributed by atoms with Crippen LogP contribution in [0, 0.1) is 0 Å². The van der Waals surface area contributed by atoms with E-state index in [1.54, 1.807) is 6.08 Å². The predicted molar refractivity (Wildman–Crippen MR) is 54.8 cm³/mol. The van der Waals surface area contributed by atoms with Crippen molar-refractivity contribution in [2.75, 3.05) is 26.4 Å². The summed E-state index contributed by atoms with van der Waals surface area (Å²) in [5, 5.41) is 8.53. The van der Waals surface area contributed by atoms with E-state index >= 15 is 0 Å². The van der Waals surface area contributed by atoms with E-state index < -0.39 is 0 Å². The van der Waals surface area contributed by atoms with Crippen molar-refractivity contribution in [3.8, 4) is 0 Å². The average molecular weight is 212 g/mol. The van der Waals surface area contributed by atoms with Gasteiger partial charge in [-0.15, -0.1) is 0 Å². The Balaban J connectivity index is 0.000000124. The molecule has 4 nitrogen and oxygen atoms in total. The second kappa shape index (κ2) is 5.30. The first kappa shape index (κ1) is 10.7. The van der Waals surface area contributed by atoms with Gasteiger partial charge in [-0.2, -0.15) is 0 Å². The minimum absolute atomic E-state index is 0.392. The summed E-state index contributed by atoms with van der Waals surface area (Å²) in [4.78, 5) is 0. The van der Waals surface area contributed by atoms with Crippen molar-refractivity contribution in [3.05, 3.63) is 24.0 Å². The Morgan fingerprint density at radius 3 is 2.13 bits per heavy atom. The van der Waals surface area contributed by atoms with Crippen LogP contribution in [0.5, 0.6) is 0 Å². The zero-order chi connectivity index (χ0) is 10.5. The fourth-order valence-corrected chi connectivity index (χ4v) is 1.10. The Bertz CT molecular complexity index is 239. The Labute approximate surface area is 89.1 Å². The van der Waals surface area contributed by atoms with Crippen molar-refractivity contribution in [3.63, 3.8) is 0 Å². The molecule has 2 atom stereocenters. The van der Waals surface area contributed by atoms with E-state index in [0.717, 1.165) is 32.8 Å². The number of hydrogen-bond donors (Lipinski definition) is 1. The lowest BCUT2D eigenvalue weighted by molar-refractivity contribution is 0.102. The first-order valence-corrected chi connectivity index (χ1v) is 5.20. The van der Waals surface area contributed by atoms with E-state index in [4.69, 9.17) is 19.3 Å². The number of rotatable bonds is 4. The van der Waals surface area contributed by atoms with Gasteiger partial charge in [-0.05, 0) is 6.08 Å². The summed E-state index contributed by atoms with van der Waals surface area (Å²) in [6.07, 6.45) is 6.96. The van der Waals surface area contributed by atoms with Crippen LogP contribution in [0.25, 0.3) is 0 Å². The van der Waals surface area contributed by atoms with Crippen molar-refractivity contribution in [1.29, 1.82) is 0 Å². The topological polar surface area (TPSA) is 54.5 Å². The average Bonchev–Trinajstić information content (AvgIpc) is 3.13. The molecule has 84 valence electrons. The smallest absolute Gasteiger partial charge is 0.104 e. The number of aliphatic hydroxyl groups is 1. The summed E-state index contributed by atoms with van der Waals surface area (Å²) in [6, 6.07) is 0. The van der Waals surface area contributed by atoms with Gasteiger partial charge in [0.25, 0.3) is 0 Å². The second-order valence-corrected chi connectivity index (χ2v) is 3.74. The van der Waals surface area contributed by atoms with Crippen molar-refractivity contribution in [2.45, 2.75) is 18.6 Å². The summed E-state index contributed by atoms with van der Waals surface area (Å²) in [5.74, 6) is 0.468. The number of ether oxygens (including phenoxy) is 3. The molecule has 2 aliphatic heterocycles. The van der Waals surface area contributed by atoms with E-state index in [1.807, 2.05) is 12.2 Å². The normalized spacial score (nSPS) is 30.5. The minimum Gasteiger partial charge on any atom is -0.512 e. The van der Waals surface area contributed by atoms with Gasteiger partial charge in [0.15, 0.2) is 0 Å². The van der Waals surface area contributed by atoms with E-state index in [0.29, 0.717) is 18.0 Å². The molecule has 2 saturated heterocycles. The maximum Gasteiger partial charge on any atom is 0.104 e. The van der Waals surface area contributed by atoms with Gasteiger partial charge in [0.2, 0.25) is 0 Å². The highest BCUT2D eigenvalue weighted by molar-refractivity contribution is 5.16. The van der Waals surface area contributed by atoms with Gasteiger partial charge in [0.1, 0.15) is 12.2 Å². The van der Waals surface area contributed by atoms with Crippen LogP contribution in [0.15, 0.2) is 24.0 Å². The lowest BCUT2D eigenvalue weighted by Crippen LogP contribution is -2.06. The third-order valence-electron chi connectivity index (χ3n) is 2.16. The van der Waals surface area contributed by atoms with Crippen molar-refractivity contribution < 1.29 is 19.3 Å². The molecule has 0 spiro atoms. The summed E-state index contributed by atoms with van der Waals surface area (Å²) in [5.41, 5.74) is 0. The monoisotopic (exact) mass is 212 g/mol. The molecule has 15 heavy (non-hydrogen) atoms. The first-order valence-electron chi connectivity index (χ1n) is 5.20. The molecule has 2 fully saturated rings. The minimum atomic E-state index is 0.392. The Morgan fingerprint density at radius 2 is 1.87 bits per heavy atom. The molecule has 0 bridgehead atoms. The van der Waals surface area contributed by atoms with Gasteiger partial charge in [0.05, 0.1) is 32.2 Å². The quantitative estimate of drug-likeness (QED) is 0.711. The molecule has 2 heterocycles. The fourth-order valence-electron chi connectivity index (χ4n) is 1.10. The van der Waals surface area contributed by atoms with Gasteiger partial charge in [0, 0.05) is 6.42 Å². The molecule has 0 saturated carbocycles. The molecule has 0 amide bonds. The molecule has 2 unspecified atom stereocenters. The SMILES string of the molecule is C(OCC1CO1)C1CO1.OC1=CC=CC1. The van der Waals surface area contributed by atoms with Crippen LogP contribution < -0.4 is 0 Å². The van der Waals surface area contributed by atoms with Crippen molar-refractivity contribution >= 4 is 0 Å². The molecule has 0 aromatic heterocycles. The predicted octanol–water partition coefficient (Wildman–Crippen LogP) is 1.19. The number of allylic oxidation sites excluding steroid dienone is 3. The van der Waals surface area contributed by atoms with Crippen LogP contribution in [-0.4, -0.2) is 43.7 Å². The summed E-state index contributed by atoms with van der Waals surface area (Å²) in [6.45, 7) is 3.26. The second-order valence-electron chi connectivity index (χ2n) is 3.74. The Kier molecular flexibility index (Phi) is 3.77. The lowest BCUT2D eigenvalue weighted by atomic mass is 10.4. The molecule has 3 rings (SSSR count). The fraction of sp³-hybridized carbons (Fsp3) is 0.636. The van der Waals surface area contributed by atoms with E-state index in [-0.39, 0.29) is 0 Å². The van der Waals surface area contributed by atoms with Gasteiger partial charge in [-0.1, -0.05) is 12.2 Å². The molecule has 1 N–H and O–H groups in total. The van der Waals surface area contributed by atoms with Gasteiger partial charge < -0.3 is 19.3 Å². The highest BCUT2D eigenvalue weighted by atomic mass is 16.6. The third-order valence-corrected chi connectivity index (χ3v) is 2.16. The van der Waals surface area contributed by atoms with Crippen LogP contribution in [0.2, 0.25) is 0 Å². The zero-order valence-electron chi connectivity index (χ0n) is 8.59. The number of aliphatic hydroxyl groups excluding tert-OH is 1. The largest absolute Gasteiger partial charge is 0.512 e. The van der Waals surface area contributed by atoms with E-state index in [9.17, 15) is 0 Å². The third kappa shape index (κ3) is 4.97. The summed E-state index contributed by atoms with van der Waals surface area (Å²) < 4.78 is 15.1. The molecule has 0 radical (unpaired) electrons. The molecular formula is C11H16O4. The molecule has 3 aliphatic rings. The van der Waals surface area contributed by atoms with Crippen LogP contribution >= 0.6 is 0 Å². The van der Waals surface area contributed by atoms with Gasteiger partial charge in [-0.25, -0.2) is 0 Å².